The molecule has 0 radical (unpaired) electrons. The Morgan fingerprint density at radius 3 is 2.56 bits per heavy atom. The van der Waals surface area contributed by atoms with Crippen molar-refractivity contribution >= 4 is 5.52 Å². The van der Waals surface area contributed by atoms with Gasteiger partial charge in [0.1, 0.15) is 5.75 Å². The molecule has 0 fully saturated rings. The number of aryl methyl sites for hydroxylation is 1. The largest absolute Gasteiger partial charge is 0.497 e. The van der Waals surface area contributed by atoms with Gasteiger partial charge in [0.2, 0.25) is 0 Å². The number of ether oxygens (including phenoxy) is 1. The Labute approximate surface area is 105 Å². The van der Waals surface area contributed by atoms with Gasteiger partial charge in [-0.25, -0.2) is 4.52 Å². The molecule has 0 saturated heterocycles. The summed E-state index contributed by atoms with van der Waals surface area (Å²) in [6.45, 7) is 1.96. The van der Waals surface area contributed by atoms with Crippen LogP contribution < -0.4 is 4.74 Å². The van der Waals surface area contributed by atoms with Gasteiger partial charge < -0.3 is 4.74 Å². The van der Waals surface area contributed by atoms with E-state index in [1.807, 2.05) is 53.9 Å². The summed E-state index contributed by atoms with van der Waals surface area (Å²) in [4.78, 5) is 0. The molecule has 0 amide bonds. The van der Waals surface area contributed by atoms with Gasteiger partial charge in [0.25, 0.3) is 0 Å². The van der Waals surface area contributed by atoms with Crippen LogP contribution in [0.4, 0.5) is 0 Å². The van der Waals surface area contributed by atoms with Crippen LogP contribution in [0.2, 0.25) is 0 Å². The average molecular weight is 239 g/mol. The summed E-state index contributed by atoms with van der Waals surface area (Å²) in [6.07, 6.45) is 0. The quantitative estimate of drug-likeness (QED) is 0.690. The Morgan fingerprint density at radius 1 is 1.06 bits per heavy atom. The first-order valence-electron chi connectivity index (χ1n) is 5.75. The lowest BCUT2D eigenvalue weighted by Gasteiger charge is -2.05. The SMILES string of the molecule is COc1ccc(-c2cccc3c(C)nnn23)cc1. The second-order valence-corrected chi connectivity index (χ2v) is 4.11. The molecule has 2 heterocycles. The molecule has 0 aliphatic carbocycles. The zero-order valence-electron chi connectivity index (χ0n) is 10.3. The lowest BCUT2D eigenvalue weighted by molar-refractivity contribution is 0.415. The highest BCUT2D eigenvalue weighted by Crippen LogP contribution is 2.23. The van der Waals surface area contributed by atoms with E-state index in [0.717, 1.165) is 28.2 Å². The number of fused-ring (bicyclic) bond motifs is 1. The van der Waals surface area contributed by atoms with Gasteiger partial charge in [0, 0.05) is 5.56 Å². The summed E-state index contributed by atoms with van der Waals surface area (Å²) in [5.41, 5.74) is 4.08. The number of hydrogen-bond donors (Lipinski definition) is 0. The van der Waals surface area contributed by atoms with Crippen molar-refractivity contribution in [1.82, 2.24) is 14.8 Å². The van der Waals surface area contributed by atoms with Crippen LogP contribution in [0.5, 0.6) is 5.75 Å². The fraction of sp³-hybridized carbons (Fsp3) is 0.143. The van der Waals surface area contributed by atoms with Crippen LogP contribution >= 0.6 is 0 Å². The normalized spacial score (nSPS) is 10.8. The van der Waals surface area contributed by atoms with Crippen LogP contribution in [0.25, 0.3) is 16.8 Å². The molecule has 3 rings (SSSR count). The molecule has 0 atom stereocenters. The van der Waals surface area contributed by atoms with E-state index in [2.05, 4.69) is 10.3 Å². The highest BCUT2D eigenvalue weighted by atomic mass is 16.5. The lowest BCUT2D eigenvalue weighted by atomic mass is 10.1. The van der Waals surface area contributed by atoms with Crippen molar-refractivity contribution in [3.8, 4) is 17.0 Å². The second-order valence-electron chi connectivity index (χ2n) is 4.11. The van der Waals surface area contributed by atoms with Crippen molar-refractivity contribution in [2.75, 3.05) is 7.11 Å². The van der Waals surface area contributed by atoms with Crippen LogP contribution in [0.15, 0.2) is 42.5 Å². The summed E-state index contributed by atoms with van der Waals surface area (Å²) in [7, 11) is 1.66. The van der Waals surface area contributed by atoms with Crippen LogP contribution in [0, 0.1) is 6.92 Å². The van der Waals surface area contributed by atoms with E-state index in [4.69, 9.17) is 4.74 Å². The molecule has 18 heavy (non-hydrogen) atoms. The molecule has 90 valence electrons. The van der Waals surface area contributed by atoms with Gasteiger partial charge in [-0.15, -0.1) is 5.10 Å². The minimum Gasteiger partial charge on any atom is -0.497 e. The summed E-state index contributed by atoms with van der Waals surface area (Å²) in [6, 6.07) is 14.0. The molecular formula is C14H13N3O. The van der Waals surface area contributed by atoms with E-state index in [0.29, 0.717) is 0 Å². The van der Waals surface area contributed by atoms with Gasteiger partial charge in [0.15, 0.2) is 0 Å². The Hall–Kier alpha value is -2.36. The third kappa shape index (κ3) is 1.62. The highest BCUT2D eigenvalue weighted by Gasteiger charge is 2.07. The molecular weight excluding hydrogens is 226 g/mol. The van der Waals surface area contributed by atoms with Crippen molar-refractivity contribution < 1.29 is 4.74 Å². The fourth-order valence-electron chi connectivity index (χ4n) is 2.01. The molecule has 4 nitrogen and oxygen atoms in total. The predicted octanol–water partition coefficient (Wildman–Crippen LogP) is 2.71. The molecule has 4 heteroatoms. The Kier molecular flexibility index (Phi) is 2.48. The molecule has 2 aromatic heterocycles. The molecule has 0 saturated carbocycles. The first kappa shape index (κ1) is 10.8. The van der Waals surface area contributed by atoms with E-state index in [1.165, 1.54) is 0 Å². The first-order chi connectivity index (χ1) is 8.79. The third-order valence-electron chi connectivity index (χ3n) is 3.01. The average Bonchev–Trinajstić information content (AvgIpc) is 2.81. The maximum Gasteiger partial charge on any atom is 0.118 e. The van der Waals surface area contributed by atoms with E-state index < -0.39 is 0 Å². The number of methoxy groups -OCH3 is 1. The zero-order chi connectivity index (χ0) is 12.5. The van der Waals surface area contributed by atoms with Crippen molar-refractivity contribution in [3.05, 3.63) is 48.2 Å². The monoisotopic (exact) mass is 239 g/mol. The van der Waals surface area contributed by atoms with E-state index in [1.54, 1.807) is 7.11 Å². The Balaban J connectivity index is 2.18. The smallest absolute Gasteiger partial charge is 0.118 e. The Morgan fingerprint density at radius 2 is 1.83 bits per heavy atom. The predicted molar refractivity (Wildman–Crippen MR) is 69.7 cm³/mol. The van der Waals surface area contributed by atoms with Gasteiger partial charge in [-0.1, -0.05) is 11.3 Å². The summed E-state index contributed by atoms with van der Waals surface area (Å²) < 4.78 is 7.02. The van der Waals surface area contributed by atoms with Crippen LogP contribution in [-0.4, -0.2) is 21.9 Å². The number of nitrogens with zero attached hydrogens (tertiary/aromatic N) is 3. The van der Waals surface area contributed by atoms with Crippen LogP contribution in [0.1, 0.15) is 5.69 Å². The van der Waals surface area contributed by atoms with E-state index >= 15 is 0 Å². The number of hydrogen-bond acceptors (Lipinski definition) is 3. The molecule has 1 aromatic carbocycles. The third-order valence-corrected chi connectivity index (χ3v) is 3.01. The van der Waals surface area contributed by atoms with Crippen molar-refractivity contribution in [3.63, 3.8) is 0 Å². The second kappa shape index (κ2) is 4.14. The molecule has 0 unspecified atom stereocenters. The molecule has 0 spiro atoms. The molecule has 0 N–H and O–H groups in total. The van der Waals surface area contributed by atoms with Gasteiger partial charge >= 0.3 is 0 Å². The minimum atomic E-state index is 0.848. The summed E-state index contributed by atoms with van der Waals surface area (Å²) in [5, 5.41) is 8.28. The topological polar surface area (TPSA) is 39.4 Å². The van der Waals surface area contributed by atoms with Gasteiger partial charge in [-0.05, 0) is 43.3 Å². The first-order valence-corrected chi connectivity index (χ1v) is 5.75. The number of aromatic nitrogens is 3. The summed E-state index contributed by atoms with van der Waals surface area (Å²) in [5.74, 6) is 0.848. The van der Waals surface area contributed by atoms with Crippen LogP contribution in [-0.2, 0) is 0 Å². The molecule has 0 bridgehead atoms. The van der Waals surface area contributed by atoms with E-state index in [9.17, 15) is 0 Å². The van der Waals surface area contributed by atoms with Crippen molar-refractivity contribution in [2.24, 2.45) is 0 Å². The zero-order valence-corrected chi connectivity index (χ0v) is 10.3. The van der Waals surface area contributed by atoms with Gasteiger partial charge in [-0.2, -0.15) is 0 Å². The fourth-order valence-corrected chi connectivity index (χ4v) is 2.01. The van der Waals surface area contributed by atoms with E-state index in [-0.39, 0.29) is 0 Å². The van der Waals surface area contributed by atoms with Gasteiger partial charge in [0.05, 0.1) is 24.0 Å². The van der Waals surface area contributed by atoms with Gasteiger partial charge in [-0.3, -0.25) is 0 Å². The highest BCUT2D eigenvalue weighted by molar-refractivity contribution is 5.65. The lowest BCUT2D eigenvalue weighted by Crippen LogP contribution is -1.93. The molecule has 0 aliphatic heterocycles. The number of benzene rings is 1. The maximum atomic E-state index is 5.16. The van der Waals surface area contributed by atoms with Crippen LogP contribution in [0.3, 0.4) is 0 Å². The Bertz CT molecular complexity index is 686. The molecule has 0 aliphatic rings. The standard InChI is InChI=1S/C14H13N3O/c1-10-13-4-3-5-14(17(13)16-15-10)11-6-8-12(18-2)9-7-11/h3-9H,1-2H3. The van der Waals surface area contributed by atoms with Crippen molar-refractivity contribution in [1.29, 1.82) is 0 Å². The maximum absolute atomic E-state index is 5.16. The number of rotatable bonds is 2. The number of pyridine rings is 1. The minimum absolute atomic E-state index is 0.848. The molecule has 3 aromatic rings. The van der Waals surface area contributed by atoms with Crippen molar-refractivity contribution in [2.45, 2.75) is 6.92 Å². The summed E-state index contributed by atoms with van der Waals surface area (Å²) >= 11 is 0.